The van der Waals surface area contributed by atoms with E-state index in [1.165, 1.54) is 30.3 Å². The Morgan fingerprint density at radius 1 is 1.10 bits per heavy atom. The number of alkyl halides is 2. The maximum Gasteiger partial charge on any atom is 0.387 e. The monoisotopic (exact) mass is 301 g/mol. The van der Waals surface area contributed by atoms with Crippen LogP contribution in [-0.4, -0.2) is 6.61 Å². The van der Waals surface area contributed by atoms with Crippen LogP contribution in [0.5, 0.6) is 5.75 Å². The van der Waals surface area contributed by atoms with E-state index in [2.05, 4.69) is 10.1 Å². The molecule has 0 heterocycles. The van der Waals surface area contributed by atoms with E-state index in [4.69, 9.17) is 11.6 Å². The molecular formula is C14H11ClF3NO. The lowest BCUT2D eigenvalue weighted by atomic mass is 10.2. The second kappa shape index (κ2) is 6.52. The van der Waals surface area contributed by atoms with E-state index in [0.717, 1.165) is 0 Å². The van der Waals surface area contributed by atoms with E-state index in [9.17, 15) is 13.2 Å². The van der Waals surface area contributed by atoms with Crippen LogP contribution in [0.3, 0.4) is 0 Å². The van der Waals surface area contributed by atoms with E-state index in [0.29, 0.717) is 16.3 Å². The first-order valence-corrected chi connectivity index (χ1v) is 6.15. The fourth-order valence-corrected chi connectivity index (χ4v) is 1.82. The van der Waals surface area contributed by atoms with Gasteiger partial charge in [-0.25, -0.2) is 4.39 Å². The van der Waals surface area contributed by atoms with Crippen molar-refractivity contribution in [1.82, 2.24) is 0 Å². The van der Waals surface area contributed by atoms with Gasteiger partial charge in [-0.1, -0.05) is 11.6 Å². The van der Waals surface area contributed by atoms with Gasteiger partial charge in [0.05, 0.1) is 0 Å². The number of ether oxygens (including phenoxy) is 1. The minimum absolute atomic E-state index is 0.0690. The maximum absolute atomic E-state index is 13.5. The molecule has 0 unspecified atom stereocenters. The van der Waals surface area contributed by atoms with Crippen LogP contribution >= 0.6 is 11.6 Å². The van der Waals surface area contributed by atoms with Gasteiger partial charge in [-0.3, -0.25) is 0 Å². The molecule has 106 valence electrons. The quantitative estimate of drug-likeness (QED) is 0.865. The molecule has 0 aliphatic heterocycles. The molecule has 0 radical (unpaired) electrons. The van der Waals surface area contributed by atoms with Crippen LogP contribution in [0.4, 0.5) is 18.9 Å². The largest absolute Gasteiger partial charge is 0.435 e. The molecule has 0 saturated carbocycles. The number of anilines is 1. The number of halogens is 4. The molecular weight excluding hydrogens is 291 g/mol. The number of hydrogen-bond acceptors (Lipinski definition) is 2. The third-order valence-electron chi connectivity index (χ3n) is 2.57. The first-order valence-electron chi connectivity index (χ1n) is 5.77. The second-order valence-electron chi connectivity index (χ2n) is 3.99. The molecule has 0 bridgehead atoms. The van der Waals surface area contributed by atoms with Crippen LogP contribution in [-0.2, 0) is 6.54 Å². The average Bonchev–Trinajstić information content (AvgIpc) is 2.41. The van der Waals surface area contributed by atoms with E-state index in [-0.39, 0.29) is 18.1 Å². The zero-order valence-electron chi connectivity index (χ0n) is 10.2. The number of rotatable bonds is 5. The van der Waals surface area contributed by atoms with Crippen molar-refractivity contribution in [2.24, 2.45) is 0 Å². The molecule has 0 atom stereocenters. The second-order valence-corrected chi connectivity index (χ2v) is 4.43. The van der Waals surface area contributed by atoms with Crippen molar-refractivity contribution in [2.45, 2.75) is 13.2 Å². The van der Waals surface area contributed by atoms with Gasteiger partial charge < -0.3 is 10.1 Å². The van der Waals surface area contributed by atoms with Crippen LogP contribution in [0, 0.1) is 5.82 Å². The number of nitrogens with one attached hydrogen (secondary N) is 1. The van der Waals surface area contributed by atoms with Crippen molar-refractivity contribution >= 4 is 17.3 Å². The summed E-state index contributed by atoms with van der Waals surface area (Å²) in [6.45, 7) is -2.61. The van der Waals surface area contributed by atoms with Gasteiger partial charge in [0.2, 0.25) is 0 Å². The summed E-state index contributed by atoms with van der Waals surface area (Å²) >= 11 is 5.79. The predicted octanol–water partition coefficient (Wildman–Crippen LogP) is 4.69. The summed E-state index contributed by atoms with van der Waals surface area (Å²) in [5.41, 5.74) is 1.08. The Hall–Kier alpha value is -1.88. The van der Waals surface area contributed by atoms with Gasteiger partial charge in [-0.05, 0) is 42.5 Å². The topological polar surface area (TPSA) is 21.3 Å². The third kappa shape index (κ3) is 4.06. The molecule has 6 heteroatoms. The van der Waals surface area contributed by atoms with Crippen LogP contribution in [0.2, 0.25) is 5.02 Å². The van der Waals surface area contributed by atoms with E-state index >= 15 is 0 Å². The van der Waals surface area contributed by atoms with Crippen molar-refractivity contribution < 1.29 is 17.9 Å². The Balaban J connectivity index is 1.98. The molecule has 0 aromatic heterocycles. The van der Waals surface area contributed by atoms with Crippen molar-refractivity contribution in [1.29, 1.82) is 0 Å². The van der Waals surface area contributed by atoms with Crippen molar-refractivity contribution in [3.63, 3.8) is 0 Å². The highest BCUT2D eigenvalue weighted by molar-refractivity contribution is 6.30. The summed E-state index contributed by atoms with van der Waals surface area (Å²) < 4.78 is 41.7. The molecule has 2 aromatic carbocycles. The zero-order chi connectivity index (χ0) is 14.5. The van der Waals surface area contributed by atoms with Gasteiger partial charge >= 0.3 is 6.61 Å². The predicted molar refractivity (Wildman–Crippen MR) is 71.8 cm³/mol. The molecule has 2 nitrogen and oxygen atoms in total. The Morgan fingerprint density at radius 2 is 1.80 bits per heavy atom. The average molecular weight is 302 g/mol. The summed E-state index contributed by atoms with van der Waals surface area (Å²) in [4.78, 5) is 0. The van der Waals surface area contributed by atoms with Gasteiger partial charge in [0.25, 0.3) is 0 Å². The van der Waals surface area contributed by atoms with Gasteiger partial charge in [0, 0.05) is 22.8 Å². The van der Waals surface area contributed by atoms with Crippen molar-refractivity contribution in [3.8, 4) is 5.75 Å². The molecule has 0 aliphatic rings. The lowest BCUT2D eigenvalue weighted by Crippen LogP contribution is -2.03. The Labute approximate surface area is 119 Å². The summed E-state index contributed by atoms with van der Waals surface area (Å²) in [5, 5.41) is 3.42. The third-order valence-corrected chi connectivity index (χ3v) is 2.81. The minimum atomic E-state index is -2.85. The summed E-state index contributed by atoms with van der Waals surface area (Å²) in [7, 11) is 0. The van der Waals surface area contributed by atoms with Crippen molar-refractivity contribution in [2.75, 3.05) is 5.32 Å². The molecule has 0 fully saturated rings. The number of hydrogen-bond donors (Lipinski definition) is 1. The van der Waals surface area contributed by atoms with Crippen LogP contribution in [0.25, 0.3) is 0 Å². The molecule has 20 heavy (non-hydrogen) atoms. The maximum atomic E-state index is 13.5. The van der Waals surface area contributed by atoms with Gasteiger partial charge in [-0.2, -0.15) is 8.78 Å². The fourth-order valence-electron chi connectivity index (χ4n) is 1.63. The Bertz CT molecular complexity index is 575. The lowest BCUT2D eigenvalue weighted by molar-refractivity contribution is -0.0498. The first kappa shape index (κ1) is 14.5. The molecule has 1 N–H and O–H groups in total. The van der Waals surface area contributed by atoms with Gasteiger partial charge in [0.1, 0.15) is 11.6 Å². The highest BCUT2D eigenvalue weighted by atomic mass is 35.5. The summed E-state index contributed by atoms with van der Waals surface area (Å²) in [5.74, 6) is -0.293. The van der Waals surface area contributed by atoms with Crippen LogP contribution in [0.1, 0.15) is 5.56 Å². The molecule has 2 rings (SSSR count). The Kier molecular flexibility index (Phi) is 4.74. The molecule has 2 aromatic rings. The molecule has 0 aliphatic carbocycles. The Morgan fingerprint density at radius 3 is 2.45 bits per heavy atom. The summed E-state index contributed by atoms with van der Waals surface area (Å²) in [6, 6.07) is 10.2. The lowest BCUT2D eigenvalue weighted by Gasteiger charge is -2.09. The minimum Gasteiger partial charge on any atom is -0.435 e. The van der Waals surface area contributed by atoms with Crippen molar-refractivity contribution in [3.05, 3.63) is 58.9 Å². The van der Waals surface area contributed by atoms with Crippen LogP contribution in [0.15, 0.2) is 42.5 Å². The molecule has 0 amide bonds. The van der Waals surface area contributed by atoms with E-state index < -0.39 is 6.61 Å². The number of benzene rings is 2. The smallest absolute Gasteiger partial charge is 0.387 e. The first-order chi connectivity index (χ1) is 9.54. The normalized spacial score (nSPS) is 10.7. The standard InChI is InChI=1S/C14H11ClF3NO/c15-10-1-6-13(16)9(7-10)8-19-11-2-4-12(5-3-11)20-14(17)18/h1-7,14,19H,8H2. The zero-order valence-corrected chi connectivity index (χ0v) is 11.0. The fraction of sp³-hybridized carbons (Fsp3) is 0.143. The SMILES string of the molecule is Fc1ccc(Cl)cc1CNc1ccc(OC(F)F)cc1. The van der Waals surface area contributed by atoms with E-state index in [1.807, 2.05) is 0 Å². The summed E-state index contributed by atoms with van der Waals surface area (Å²) in [6.07, 6.45) is 0. The van der Waals surface area contributed by atoms with Gasteiger partial charge in [-0.15, -0.1) is 0 Å². The highest BCUT2D eigenvalue weighted by Crippen LogP contribution is 2.20. The molecule has 0 spiro atoms. The molecule has 0 saturated heterocycles. The van der Waals surface area contributed by atoms with E-state index in [1.54, 1.807) is 12.1 Å². The highest BCUT2D eigenvalue weighted by Gasteiger charge is 2.05. The van der Waals surface area contributed by atoms with Gasteiger partial charge in [0.15, 0.2) is 0 Å². The van der Waals surface area contributed by atoms with Crippen LogP contribution < -0.4 is 10.1 Å².